The van der Waals surface area contributed by atoms with Crippen LogP contribution in [0.4, 0.5) is 24.9 Å². The van der Waals surface area contributed by atoms with Gasteiger partial charge in [0.15, 0.2) is 0 Å². The first-order chi connectivity index (χ1) is 13.1. The van der Waals surface area contributed by atoms with E-state index in [9.17, 15) is 21.6 Å². The lowest BCUT2D eigenvalue weighted by Crippen LogP contribution is -2.30. The molecule has 0 saturated carbocycles. The van der Waals surface area contributed by atoms with Gasteiger partial charge in [-0.2, -0.15) is 18.2 Å². The van der Waals surface area contributed by atoms with Gasteiger partial charge < -0.3 is 10.6 Å². The van der Waals surface area contributed by atoms with Crippen molar-refractivity contribution in [3.05, 3.63) is 47.2 Å². The summed E-state index contributed by atoms with van der Waals surface area (Å²) in [5, 5.41) is 6.00. The standard InChI is InChI=1S/C17H22F3N5O2S/c1-3-21-16-24-12(2)10-15(25-16)22-8-9-23-28(26,27)11-13-4-6-14(7-5-13)17(18,19)20/h4-7,10,23H,3,8-9,11H2,1-2H3,(H2,21,22,24,25). The van der Waals surface area contributed by atoms with Gasteiger partial charge in [-0.1, -0.05) is 12.1 Å². The minimum atomic E-state index is -4.45. The molecule has 154 valence electrons. The molecule has 0 aliphatic rings. The lowest BCUT2D eigenvalue weighted by atomic mass is 10.1. The van der Waals surface area contributed by atoms with Crippen molar-refractivity contribution in [2.45, 2.75) is 25.8 Å². The number of hydrogen-bond acceptors (Lipinski definition) is 6. The van der Waals surface area contributed by atoms with Crippen molar-refractivity contribution in [3.8, 4) is 0 Å². The highest BCUT2D eigenvalue weighted by Gasteiger charge is 2.30. The van der Waals surface area contributed by atoms with E-state index in [1.807, 2.05) is 13.8 Å². The maximum absolute atomic E-state index is 12.5. The largest absolute Gasteiger partial charge is 0.416 e. The number of rotatable bonds is 9. The molecule has 0 bridgehead atoms. The number of halogens is 3. The number of sulfonamides is 1. The number of alkyl halides is 3. The second-order valence-corrected chi connectivity index (χ2v) is 7.83. The second-order valence-electron chi connectivity index (χ2n) is 6.02. The predicted octanol–water partition coefficient (Wildman–Crippen LogP) is 2.77. The molecular formula is C17H22F3N5O2S. The fourth-order valence-corrected chi connectivity index (χ4v) is 3.50. The molecule has 2 aromatic rings. The summed E-state index contributed by atoms with van der Waals surface area (Å²) in [5.41, 5.74) is 0.217. The highest BCUT2D eigenvalue weighted by atomic mass is 32.2. The lowest BCUT2D eigenvalue weighted by molar-refractivity contribution is -0.137. The van der Waals surface area contributed by atoms with E-state index in [1.54, 1.807) is 6.07 Å². The van der Waals surface area contributed by atoms with Gasteiger partial charge in [-0.3, -0.25) is 0 Å². The summed E-state index contributed by atoms with van der Waals surface area (Å²) in [6.45, 7) is 4.80. The minimum absolute atomic E-state index is 0.0998. The Balaban J connectivity index is 1.85. The van der Waals surface area contributed by atoms with Gasteiger partial charge in [0.25, 0.3) is 0 Å². The van der Waals surface area contributed by atoms with Crippen LogP contribution >= 0.6 is 0 Å². The SMILES string of the molecule is CCNc1nc(C)cc(NCCNS(=O)(=O)Cc2ccc(C(F)(F)F)cc2)n1. The Morgan fingerprint density at radius 3 is 2.32 bits per heavy atom. The summed E-state index contributed by atoms with van der Waals surface area (Å²) in [7, 11) is -3.68. The zero-order chi connectivity index (χ0) is 20.8. The van der Waals surface area contributed by atoms with E-state index in [-0.39, 0.29) is 18.7 Å². The maximum Gasteiger partial charge on any atom is 0.416 e. The quantitative estimate of drug-likeness (QED) is 0.543. The third-order valence-corrected chi connectivity index (χ3v) is 4.94. The normalized spacial score (nSPS) is 12.0. The van der Waals surface area contributed by atoms with Crippen LogP contribution in [-0.4, -0.2) is 38.0 Å². The number of nitrogens with one attached hydrogen (secondary N) is 3. The molecule has 0 fully saturated rings. The number of aromatic nitrogens is 2. The smallest absolute Gasteiger partial charge is 0.369 e. The molecule has 3 N–H and O–H groups in total. The minimum Gasteiger partial charge on any atom is -0.369 e. The topological polar surface area (TPSA) is 96.0 Å². The Kier molecular flexibility index (Phi) is 7.19. The molecule has 0 aliphatic heterocycles. The lowest BCUT2D eigenvalue weighted by Gasteiger charge is -2.11. The van der Waals surface area contributed by atoms with Crippen LogP contribution in [0.3, 0.4) is 0 Å². The van der Waals surface area contributed by atoms with Gasteiger partial charge in [-0.25, -0.2) is 18.1 Å². The van der Waals surface area contributed by atoms with E-state index in [0.29, 0.717) is 18.3 Å². The Morgan fingerprint density at radius 2 is 1.71 bits per heavy atom. The zero-order valence-corrected chi connectivity index (χ0v) is 16.3. The van der Waals surface area contributed by atoms with Crippen LogP contribution < -0.4 is 15.4 Å². The highest BCUT2D eigenvalue weighted by Crippen LogP contribution is 2.29. The van der Waals surface area contributed by atoms with Crippen LogP contribution in [0.25, 0.3) is 0 Å². The van der Waals surface area contributed by atoms with Crippen molar-refractivity contribution >= 4 is 21.8 Å². The third kappa shape index (κ3) is 6.97. The van der Waals surface area contributed by atoms with Crippen LogP contribution in [0.15, 0.2) is 30.3 Å². The average molecular weight is 417 g/mol. The molecule has 0 saturated heterocycles. The Bertz CT molecular complexity index is 887. The molecule has 1 aromatic heterocycles. The van der Waals surface area contributed by atoms with E-state index in [2.05, 4.69) is 25.3 Å². The van der Waals surface area contributed by atoms with Gasteiger partial charge in [0, 0.05) is 31.4 Å². The van der Waals surface area contributed by atoms with Gasteiger partial charge in [-0.05, 0) is 31.5 Å². The summed E-state index contributed by atoms with van der Waals surface area (Å²) in [4.78, 5) is 8.47. The molecule has 1 aromatic carbocycles. The van der Waals surface area contributed by atoms with E-state index < -0.39 is 27.5 Å². The summed E-state index contributed by atoms with van der Waals surface area (Å²) >= 11 is 0. The van der Waals surface area contributed by atoms with Gasteiger partial charge in [-0.15, -0.1) is 0 Å². The van der Waals surface area contributed by atoms with Crippen LogP contribution in [0.5, 0.6) is 0 Å². The molecule has 0 atom stereocenters. The molecule has 2 rings (SSSR count). The van der Waals surface area contributed by atoms with Crippen LogP contribution in [0.2, 0.25) is 0 Å². The first-order valence-corrected chi connectivity index (χ1v) is 10.2. The molecule has 0 unspecified atom stereocenters. The van der Waals surface area contributed by atoms with E-state index in [1.165, 1.54) is 0 Å². The molecule has 0 aliphatic carbocycles. The zero-order valence-electron chi connectivity index (χ0n) is 15.5. The second kappa shape index (κ2) is 9.20. The third-order valence-electron chi connectivity index (χ3n) is 3.58. The predicted molar refractivity (Wildman–Crippen MR) is 101 cm³/mol. The Morgan fingerprint density at radius 1 is 1.04 bits per heavy atom. The van der Waals surface area contributed by atoms with Gasteiger partial charge in [0.05, 0.1) is 11.3 Å². The summed E-state index contributed by atoms with van der Waals surface area (Å²) in [6.07, 6.45) is -4.45. The first-order valence-electron chi connectivity index (χ1n) is 8.56. The van der Waals surface area contributed by atoms with Gasteiger partial charge in [0.2, 0.25) is 16.0 Å². The molecule has 0 radical (unpaired) electrons. The van der Waals surface area contributed by atoms with E-state index in [4.69, 9.17) is 0 Å². The highest BCUT2D eigenvalue weighted by molar-refractivity contribution is 7.88. The number of benzene rings is 1. The maximum atomic E-state index is 12.5. The van der Waals surface area contributed by atoms with Crippen molar-refractivity contribution in [2.24, 2.45) is 0 Å². The van der Waals surface area contributed by atoms with Crippen molar-refractivity contribution in [3.63, 3.8) is 0 Å². The Labute approximate surface area is 161 Å². The molecule has 7 nitrogen and oxygen atoms in total. The first kappa shape index (κ1) is 21.9. The monoisotopic (exact) mass is 417 g/mol. The Hall–Kier alpha value is -2.40. The summed E-state index contributed by atoms with van der Waals surface area (Å²) in [6, 6.07) is 5.79. The average Bonchev–Trinajstić information content (AvgIpc) is 2.58. The van der Waals surface area contributed by atoms with E-state index in [0.717, 1.165) is 30.0 Å². The van der Waals surface area contributed by atoms with Crippen LogP contribution in [0.1, 0.15) is 23.7 Å². The number of aryl methyl sites for hydroxylation is 1. The fraction of sp³-hybridized carbons (Fsp3) is 0.412. The summed E-state index contributed by atoms with van der Waals surface area (Å²) in [5.74, 6) is 0.640. The molecular weight excluding hydrogens is 395 g/mol. The molecule has 0 amide bonds. The van der Waals surface area contributed by atoms with Crippen LogP contribution in [-0.2, 0) is 22.0 Å². The van der Waals surface area contributed by atoms with Gasteiger partial charge in [0.1, 0.15) is 5.82 Å². The van der Waals surface area contributed by atoms with Crippen molar-refractivity contribution < 1.29 is 21.6 Å². The molecule has 1 heterocycles. The van der Waals surface area contributed by atoms with Crippen molar-refractivity contribution in [2.75, 3.05) is 30.3 Å². The van der Waals surface area contributed by atoms with Crippen LogP contribution in [0, 0.1) is 6.92 Å². The summed E-state index contributed by atoms with van der Waals surface area (Å²) < 4.78 is 64.2. The number of anilines is 2. The number of nitrogens with zero attached hydrogens (tertiary/aromatic N) is 2. The molecule has 0 spiro atoms. The molecule has 11 heteroatoms. The number of hydrogen-bond donors (Lipinski definition) is 3. The van der Waals surface area contributed by atoms with Crippen molar-refractivity contribution in [1.29, 1.82) is 0 Å². The van der Waals surface area contributed by atoms with Gasteiger partial charge >= 0.3 is 6.18 Å². The molecule has 28 heavy (non-hydrogen) atoms. The fourth-order valence-electron chi connectivity index (χ4n) is 2.35. The van der Waals surface area contributed by atoms with E-state index >= 15 is 0 Å². The van der Waals surface area contributed by atoms with Crippen molar-refractivity contribution in [1.82, 2.24) is 14.7 Å².